The van der Waals surface area contributed by atoms with Gasteiger partial charge in [-0.15, -0.1) is 0 Å². The number of fused-ring (bicyclic) bond motifs is 2. The van der Waals surface area contributed by atoms with E-state index in [1.807, 2.05) is 18.2 Å². The van der Waals surface area contributed by atoms with E-state index < -0.39 is 0 Å². The molecule has 2 atom stereocenters. The lowest BCUT2D eigenvalue weighted by atomic mass is 9.80. The first kappa shape index (κ1) is 14.8. The second kappa shape index (κ2) is 5.41. The van der Waals surface area contributed by atoms with E-state index in [0.29, 0.717) is 12.4 Å². The normalized spacial score (nSPS) is 29.2. The lowest BCUT2D eigenvalue weighted by Crippen LogP contribution is -2.39. The standard InChI is InChI=1S/C20H24O3/c1-20(2)10-9-16-18(23-20)8-7-13-11-14(12-22-19(13)16)15-5-3-4-6-17(15)21/h3-7,14,18,21H,8-12H2,1-2H3. The number of allylic oxidation sites excluding steroid dienone is 1. The summed E-state index contributed by atoms with van der Waals surface area (Å²) >= 11 is 0. The van der Waals surface area contributed by atoms with Crippen molar-refractivity contribution in [1.29, 1.82) is 0 Å². The molecule has 1 N–H and O–H groups in total. The Balaban J connectivity index is 1.58. The maximum absolute atomic E-state index is 10.1. The summed E-state index contributed by atoms with van der Waals surface area (Å²) in [7, 11) is 0. The fourth-order valence-electron chi connectivity index (χ4n) is 4.01. The molecule has 3 nitrogen and oxygen atoms in total. The van der Waals surface area contributed by atoms with Crippen molar-refractivity contribution < 1.29 is 14.6 Å². The predicted molar refractivity (Wildman–Crippen MR) is 89.3 cm³/mol. The molecule has 3 heteroatoms. The number of hydrogen-bond donors (Lipinski definition) is 1. The van der Waals surface area contributed by atoms with Crippen LogP contribution in [0.1, 0.15) is 51.0 Å². The third kappa shape index (κ3) is 2.67. The Kier molecular flexibility index (Phi) is 3.49. The van der Waals surface area contributed by atoms with E-state index in [1.54, 1.807) is 6.07 Å². The van der Waals surface area contributed by atoms with Gasteiger partial charge in [-0.25, -0.2) is 0 Å². The Morgan fingerprint density at radius 3 is 2.87 bits per heavy atom. The van der Waals surface area contributed by atoms with Gasteiger partial charge in [-0.05, 0) is 51.2 Å². The van der Waals surface area contributed by atoms with Gasteiger partial charge >= 0.3 is 0 Å². The van der Waals surface area contributed by atoms with Crippen molar-refractivity contribution in [3.8, 4) is 5.75 Å². The van der Waals surface area contributed by atoms with Gasteiger partial charge in [0.05, 0.1) is 18.3 Å². The van der Waals surface area contributed by atoms with Gasteiger partial charge in [0.1, 0.15) is 11.5 Å². The summed E-state index contributed by atoms with van der Waals surface area (Å²) in [6.07, 6.45) is 6.44. The van der Waals surface area contributed by atoms with E-state index in [0.717, 1.165) is 37.0 Å². The van der Waals surface area contributed by atoms with Crippen molar-refractivity contribution in [1.82, 2.24) is 0 Å². The molecule has 0 spiro atoms. The molecular weight excluding hydrogens is 288 g/mol. The summed E-state index contributed by atoms with van der Waals surface area (Å²) in [5.41, 5.74) is 3.59. The number of hydrogen-bond acceptors (Lipinski definition) is 3. The van der Waals surface area contributed by atoms with Gasteiger partial charge < -0.3 is 14.6 Å². The molecule has 0 saturated carbocycles. The molecule has 0 bridgehead atoms. The Morgan fingerprint density at radius 2 is 2.04 bits per heavy atom. The summed E-state index contributed by atoms with van der Waals surface area (Å²) in [6, 6.07) is 7.60. The SMILES string of the molecule is CC1(C)CCC2=C3OCC(c4ccccc4O)CC3=CCC2O1. The minimum absolute atomic E-state index is 0.0346. The van der Waals surface area contributed by atoms with Crippen LogP contribution in [-0.2, 0) is 9.47 Å². The van der Waals surface area contributed by atoms with E-state index in [1.165, 1.54) is 11.1 Å². The van der Waals surface area contributed by atoms with Crippen LogP contribution in [0.5, 0.6) is 5.75 Å². The molecular formula is C20H24O3. The maximum atomic E-state index is 10.1. The van der Waals surface area contributed by atoms with E-state index in [-0.39, 0.29) is 17.6 Å². The van der Waals surface area contributed by atoms with Gasteiger partial charge in [0.25, 0.3) is 0 Å². The Labute approximate surface area is 137 Å². The molecule has 2 aliphatic heterocycles. The fourth-order valence-corrected chi connectivity index (χ4v) is 4.01. The number of para-hydroxylation sites is 1. The highest BCUT2D eigenvalue weighted by Gasteiger charge is 2.38. The summed E-state index contributed by atoms with van der Waals surface area (Å²) in [5.74, 6) is 1.67. The minimum atomic E-state index is -0.0346. The van der Waals surface area contributed by atoms with Gasteiger partial charge in [0, 0.05) is 17.1 Å². The van der Waals surface area contributed by atoms with E-state index in [9.17, 15) is 5.11 Å². The average Bonchev–Trinajstić information content (AvgIpc) is 2.53. The highest BCUT2D eigenvalue weighted by atomic mass is 16.5. The number of phenols is 1. The van der Waals surface area contributed by atoms with Crippen LogP contribution in [0.4, 0.5) is 0 Å². The first-order valence-corrected chi connectivity index (χ1v) is 8.54. The van der Waals surface area contributed by atoms with Gasteiger partial charge in [-0.2, -0.15) is 0 Å². The molecule has 23 heavy (non-hydrogen) atoms. The summed E-state index contributed by atoms with van der Waals surface area (Å²) in [5, 5.41) is 10.1. The third-order valence-electron chi connectivity index (χ3n) is 5.28. The number of phenolic OH excluding ortho intramolecular Hbond substituents is 1. The van der Waals surface area contributed by atoms with Crippen LogP contribution in [0.15, 0.2) is 47.2 Å². The third-order valence-corrected chi connectivity index (χ3v) is 5.28. The van der Waals surface area contributed by atoms with Crippen LogP contribution < -0.4 is 0 Å². The predicted octanol–water partition coefficient (Wildman–Crippen LogP) is 4.44. The zero-order valence-corrected chi connectivity index (χ0v) is 13.8. The van der Waals surface area contributed by atoms with Crippen molar-refractivity contribution in [2.75, 3.05) is 6.61 Å². The number of rotatable bonds is 1. The van der Waals surface area contributed by atoms with Crippen LogP contribution in [0, 0.1) is 0 Å². The van der Waals surface area contributed by atoms with Crippen molar-refractivity contribution >= 4 is 0 Å². The fraction of sp³-hybridized carbons (Fsp3) is 0.500. The average molecular weight is 312 g/mol. The molecule has 2 saturated heterocycles. The molecule has 2 fully saturated rings. The molecule has 0 amide bonds. The first-order valence-electron chi connectivity index (χ1n) is 8.54. The summed E-state index contributed by atoms with van der Waals surface area (Å²) < 4.78 is 12.4. The highest BCUT2D eigenvalue weighted by molar-refractivity contribution is 5.43. The molecule has 1 aromatic carbocycles. The molecule has 0 radical (unpaired) electrons. The monoisotopic (exact) mass is 312 g/mol. The van der Waals surface area contributed by atoms with Crippen molar-refractivity contribution in [3.63, 3.8) is 0 Å². The van der Waals surface area contributed by atoms with Crippen molar-refractivity contribution in [2.24, 2.45) is 0 Å². The largest absolute Gasteiger partial charge is 0.508 e. The number of benzene rings is 1. The lowest BCUT2D eigenvalue weighted by molar-refractivity contribution is -0.0827. The number of ether oxygens (including phenoxy) is 2. The molecule has 4 rings (SSSR count). The smallest absolute Gasteiger partial charge is 0.124 e. The first-order chi connectivity index (χ1) is 11.0. The zero-order chi connectivity index (χ0) is 16.0. The van der Waals surface area contributed by atoms with Gasteiger partial charge in [0.15, 0.2) is 0 Å². The van der Waals surface area contributed by atoms with Crippen molar-refractivity contribution in [3.05, 3.63) is 52.8 Å². The molecule has 2 unspecified atom stereocenters. The topological polar surface area (TPSA) is 38.7 Å². The molecule has 0 aromatic heterocycles. The minimum Gasteiger partial charge on any atom is -0.508 e. The molecule has 1 aliphatic carbocycles. The van der Waals surface area contributed by atoms with E-state index in [2.05, 4.69) is 19.9 Å². The highest BCUT2D eigenvalue weighted by Crippen LogP contribution is 2.45. The van der Waals surface area contributed by atoms with E-state index in [4.69, 9.17) is 9.47 Å². The van der Waals surface area contributed by atoms with Crippen LogP contribution in [0.2, 0.25) is 0 Å². The Morgan fingerprint density at radius 1 is 1.22 bits per heavy atom. The van der Waals surface area contributed by atoms with Crippen LogP contribution in [0.25, 0.3) is 0 Å². The maximum Gasteiger partial charge on any atom is 0.124 e. The van der Waals surface area contributed by atoms with Crippen LogP contribution >= 0.6 is 0 Å². The summed E-state index contributed by atoms with van der Waals surface area (Å²) in [6.45, 7) is 4.97. The molecule has 2 heterocycles. The molecule has 122 valence electrons. The second-order valence-electron chi connectivity index (χ2n) is 7.46. The van der Waals surface area contributed by atoms with E-state index >= 15 is 0 Å². The second-order valence-corrected chi connectivity index (χ2v) is 7.46. The zero-order valence-electron chi connectivity index (χ0n) is 13.8. The van der Waals surface area contributed by atoms with Gasteiger partial charge in [-0.1, -0.05) is 24.3 Å². The lowest BCUT2D eigenvalue weighted by Gasteiger charge is -2.42. The van der Waals surface area contributed by atoms with Gasteiger partial charge in [-0.3, -0.25) is 0 Å². The van der Waals surface area contributed by atoms with Gasteiger partial charge in [0.2, 0.25) is 0 Å². The Bertz CT molecular complexity index is 684. The quantitative estimate of drug-likeness (QED) is 0.833. The molecule has 3 aliphatic rings. The Hall–Kier alpha value is -1.74. The van der Waals surface area contributed by atoms with Crippen LogP contribution in [-0.4, -0.2) is 23.4 Å². The molecule has 1 aromatic rings. The van der Waals surface area contributed by atoms with Crippen molar-refractivity contribution in [2.45, 2.75) is 57.2 Å². The van der Waals surface area contributed by atoms with Crippen LogP contribution in [0.3, 0.4) is 0 Å². The summed E-state index contributed by atoms with van der Waals surface area (Å²) in [4.78, 5) is 0. The number of aromatic hydroxyl groups is 1.